The minimum Gasteiger partial charge on any atom is -0.506 e. The standard InChI is InChI=1S/C12H18N2O2/c1-7(2)4-10(13)11-9(6-15)5-14-8(3)12(11)16/h5,10,15-16H,1,4,6,13H2,2-3H3/t10-/m0/s1. The maximum atomic E-state index is 9.91. The highest BCUT2D eigenvalue weighted by molar-refractivity contribution is 5.43. The highest BCUT2D eigenvalue weighted by Gasteiger charge is 2.17. The van der Waals surface area contributed by atoms with Crippen LogP contribution in [0, 0.1) is 6.92 Å². The summed E-state index contributed by atoms with van der Waals surface area (Å²) < 4.78 is 0. The van der Waals surface area contributed by atoms with Crippen LogP contribution in [0.4, 0.5) is 0 Å². The molecule has 0 spiro atoms. The van der Waals surface area contributed by atoms with Crippen LogP contribution in [0.2, 0.25) is 0 Å². The van der Waals surface area contributed by atoms with E-state index in [4.69, 9.17) is 5.73 Å². The second-order valence-corrected chi connectivity index (χ2v) is 4.06. The van der Waals surface area contributed by atoms with Crippen LogP contribution >= 0.6 is 0 Å². The number of hydrogen-bond acceptors (Lipinski definition) is 4. The molecule has 0 aliphatic carbocycles. The Morgan fingerprint density at radius 2 is 2.25 bits per heavy atom. The molecular weight excluding hydrogens is 204 g/mol. The van der Waals surface area contributed by atoms with Gasteiger partial charge in [-0.05, 0) is 20.3 Å². The minimum absolute atomic E-state index is 0.0697. The lowest BCUT2D eigenvalue weighted by molar-refractivity contribution is 0.278. The van der Waals surface area contributed by atoms with Crippen molar-refractivity contribution in [3.8, 4) is 5.75 Å². The summed E-state index contributed by atoms with van der Waals surface area (Å²) in [6.07, 6.45) is 2.12. The molecule has 1 heterocycles. The SMILES string of the molecule is C=C(C)C[C@H](N)c1c(CO)cnc(C)c1O. The van der Waals surface area contributed by atoms with Gasteiger partial charge in [0.25, 0.3) is 0 Å². The Hall–Kier alpha value is -1.39. The van der Waals surface area contributed by atoms with Crippen molar-refractivity contribution in [1.29, 1.82) is 0 Å². The Morgan fingerprint density at radius 1 is 1.62 bits per heavy atom. The normalized spacial score (nSPS) is 12.5. The molecule has 0 aromatic carbocycles. The van der Waals surface area contributed by atoms with Gasteiger partial charge in [-0.1, -0.05) is 5.57 Å². The molecule has 0 unspecified atom stereocenters. The summed E-state index contributed by atoms with van der Waals surface area (Å²) in [5, 5.41) is 19.1. The smallest absolute Gasteiger partial charge is 0.141 e. The number of aliphatic hydroxyl groups excluding tert-OH is 1. The second-order valence-electron chi connectivity index (χ2n) is 4.06. The van der Waals surface area contributed by atoms with E-state index in [0.717, 1.165) is 5.57 Å². The van der Waals surface area contributed by atoms with Gasteiger partial charge in [0.15, 0.2) is 0 Å². The summed E-state index contributed by atoms with van der Waals surface area (Å²) in [6, 6.07) is -0.360. The molecular formula is C12H18N2O2. The van der Waals surface area contributed by atoms with Crippen molar-refractivity contribution in [2.24, 2.45) is 5.73 Å². The van der Waals surface area contributed by atoms with Crippen LogP contribution in [-0.4, -0.2) is 15.2 Å². The molecule has 4 nitrogen and oxygen atoms in total. The van der Waals surface area contributed by atoms with E-state index in [1.54, 1.807) is 13.1 Å². The zero-order chi connectivity index (χ0) is 12.3. The first-order valence-electron chi connectivity index (χ1n) is 5.15. The van der Waals surface area contributed by atoms with Crippen LogP contribution in [0.3, 0.4) is 0 Å². The van der Waals surface area contributed by atoms with E-state index >= 15 is 0 Å². The molecule has 88 valence electrons. The topological polar surface area (TPSA) is 79.4 Å². The average Bonchev–Trinajstić information content (AvgIpc) is 2.20. The fraction of sp³-hybridized carbons (Fsp3) is 0.417. The van der Waals surface area contributed by atoms with Gasteiger partial charge in [0.05, 0.1) is 12.3 Å². The molecule has 0 radical (unpaired) electrons. The summed E-state index contributed by atoms with van der Waals surface area (Å²) in [4.78, 5) is 3.98. The Labute approximate surface area is 95.4 Å². The molecule has 1 aromatic rings. The summed E-state index contributed by atoms with van der Waals surface area (Å²) >= 11 is 0. The van der Waals surface area contributed by atoms with E-state index in [1.807, 2.05) is 6.92 Å². The Kier molecular flexibility index (Phi) is 4.04. The van der Waals surface area contributed by atoms with Crippen molar-refractivity contribution in [1.82, 2.24) is 4.98 Å². The minimum atomic E-state index is -0.360. The third-order valence-corrected chi connectivity index (χ3v) is 2.47. The van der Waals surface area contributed by atoms with E-state index in [-0.39, 0.29) is 18.4 Å². The first-order valence-corrected chi connectivity index (χ1v) is 5.15. The van der Waals surface area contributed by atoms with E-state index < -0.39 is 0 Å². The van der Waals surface area contributed by atoms with Crippen LogP contribution in [-0.2, 0) is 6.61 Å². The summed E-state index contributed by atoms with van der Waals surface area (Å²) in [5.74, 6) is 0.0697. The van der Waals surface area contributed by atoms with Crippen molar-refractivity contribution >= 4 is 0 Å². The predicted octanol–water partition coefficient (Wildman–Crippen LogP) is 1.55. The summed E-state index contributed by atoms with van der Waals surface area (Å²) in [6.45, 7) is 7.19. The van der Waals surface area contributed by atoms with Gasteiger partial charge in [-0.25, -0.2) is 0 Å². The van der Waals surface area contributed by atoms with Crippen molar-refractivity contribution in [2.45, 2.75) is 32.9 Å². The van der Waals surface area contributed by atoms with Crippen molar-refractivity contribution < 1.29 is 10.2 Å². The van der Waals surface area contributed by atoms with Crippen LogP contribution < -0.4 is 5.73 Å². The molecule has 4 N–H and O–H groups in total. The van der Waals surface area contributed by atoms with Gasteiger partial charge >= 0.3 is 0 Å². The van der Waals surface area contributed by atoms with Crippen LogP contribution in [0.1, 0.15) is 36.2 Å². The lowest BCUT2D eigenvalue weighted by atomic mass is 9.96. The molecule has 1 aromatic heterocycles. The monoisotopic (exact) mass is 222 g/mol. The fourth-order valence-corrected chi connectivity index (χ4v) is 1.67. The van der Waals surface area contributed by atoms with E-state index in [1.165, 1.54) is 0 Å². The zero-order valence-corrected chi connectivity index (χ0v) is 9.70. The van der Waals surface area contributed by atoms with Gasteiger partial charge in [-0.2, -0.15) is 0 Å². The molecule has 0 bridgehead atoms. The number of nitrogens with zero attached hydrogens (tertiary/aromatic N) is 1. The zero-order valence-electron chi connectivity index (χ0n) is 9.70. The lowest BCUT2D eigenvalue weighted by Crippen LogP contribution is -2.14. The number of pyridine rings is 1. The maximum absolute atomic E-state index is 9.91. The largest absolute Gasteiger partial charge is 0.506 e. The van der Waals surface area contributed by atoms with Crippen molar-refractivity contribution in [3.63, 3.8) is 0 Å². The molecule has 16 heavy (non-hydrogen) atoms. The van der Waals surface area contributed by atoms with E-state index in [2.05, 4.69) is 11.6 Å². The van der Waals surface area contributed by atoms with Crippen molar-refractivity contribution in [3.05, 3.63) is 35.2 Å². The number of rotatable bonds is 4. The second kappa shape index (κ2) is 5.09. The molecule has 4 heteroatoms. The first kappa shape index (κ1) is 12.7. The third kappa shape index (κ3) is 2.59. The number of hydrogen-bond donors (Lipinski definition) is 3. The van der Waals surface area contributed by atoms with Gasteiger partial charge in [0, 0.05) is 23.4 Å². The van der Waals surface area contributed by atoms with E-state index in [9.17, 15) is 10.2 Å². The quantitative estimate of drug-likeness (QED) is 0.675. The van der Waals surface area contributed by atoms with Gasteiger partial charge in [-0.15, -0.1) is 6.58 Å². The number of nitrogens with two attached hydrogens (primary N) is 1. The van der Waals surface area contributed by atoms with E-state index in [0.29, 0.717) is 23.2 Å². The van der Waals surface area contributed by atoms with Crippen LogP contribution in [0.5, 0.6) is 5.75 Å². The van der Waals surface area contributed by atoms with Gasteiger partial charge in [0.1, 0.15) is 5.75 Å². The molecule has 1 atom stereocenters. The number of aromatic nitrogens is 1. The molecule has 0 saturated heterocycles. The highest BCUT2D eigenvalue weighted by atomic mass is 16.3. The Morgan fingerprint density at radius 3 is 2.75 bits per heavy atom. The fourth-order valence-electron chi connectivity index (χ4n) is 1.67. The third-order valence-electron chi connectivity index (χ3n) is 2.47. The van der Waals surface area contributed by atoms with Crippen LogP contribution in [0.25, 0.3) is 0 Å². The Bertz CT molecular complexity index is 402. The summed E-state index contributed by atoms with van der Waals surface area (Å²) in [5.41, 5.74) is 8.57. The predicted molar refractivity (Wildman–Crippen MR) is 62.9 cm³/mol. The van der Waals surface area contributed by atoms with Gasteiger partial charge < -0.3 is 15.9 Å². The number of aromatic hydroxyl groups is 1. The maximum Gasteiger partial charge on any atom is 0.141 e. The molecule has 0 saturated carbocycles. The van der Waals surface area contributed by atoms with Crippen LogP contribution in [0.15, 0.2) is 18.3 Å². The number of aryl methyl sites for hydroxylation is 1. The number of aliphatic hydroxyl groups is 1. The Balaban J connectivity index is 3.18. The molecule has 0 amide bonds. The van der Waals surface area contributed by atoms with Gasteiger partial charge in [0.2, 0.25) is 0 Å². The average molecular weight is 222 g/mol. The first-order chi connectivity index (χ1) is 7.47. The molecule has 0 aliphatic rings. The summed E-state index contributed by atoms with van der Waals surface area (Å²) in [7, 11) is 0. The molecule has 1 rings (SSSR count). The molecule has 0 fully saturated rings. The lowest BCUT2D eigenvalue weighted by Gasteiger charge is -2.17. The van der Waals surface area contributed by atoms with Gasteiger partial charge in [-0.3, -0.25) is 4.98 Å². The highest BCUT2D eigenvalue weighted by Crippen LogP contribution is 2.31. The van der Waals surface area contributed by atoms with Crippen molar-refractivity contribution in [2.75, 3.05) is 0 Å². The molecule has 0 aliphatic heterocycles.